The smallest absolute Gasteiger partial charge is 0.264 e. The molecule has 3 fully saturated rings. The van der Waals surface area contributed by atoms with Crippen molar-refractivity contribution in [3.8, 4) is 0 Å². The van der Waals surface area contributed by atoms with E-state index in [9.17, 15) is 8.42 Å². The first kappa shape index (κ1) is 26.5. The highest BCUT2D eigenvalue weighted by Gasteiger charge is 2.59. The highest BCUT2D eigenvalue weighted by molar-refractivity contribution is 7.86. The number of rotatable bonds is 7. The van der Waals surface area contributed by atoms with Gasteiger partial charge < -0.3 is 0 Å². The third-order valence-corrected chi connectivity index (χ3v) is 11.7. The van der Waals surface area contributed by atoms with Gasteiger partial charge in [0.25, 0.3) is 10.1 Å². The predicted octanol–water partition coefficient (Wildman–Crippen LogP) is 7.78. The van der Waals surface area contributed by atoms with Crippen LogP contribution in [0.15, 0.2) is 23.8 Å². The van der Waals surface area contributed by atoms with Crippen molar-refractivity contribution >= 4 is 10.1 Å². The molecule has 0 heterocycles. The molecule has 3 nitrogen and oxygen atoms in total. The minimum atomic E-state index is -3.39. The van der Waals surface area contributed by atoms with Gasteiger partial charge in [-0.2, -0.15) is 8.42 Å². The van der Waals surface area contributed by atoms with Gasteiger partial charge in [0.2, 0.25) is 0 Å². The molecule has 0 saturated heterocycles. The van der Waals surface area contributed by atoms with Crippen LogP contribution < -0.4 is 0 Å². The molecule has 4 heteroatoms. The molecule has 0 bridgehead atoms. The van der Waals surface area contributed by atoms with Crippen molar-refractivity contribution in [2.75, 3.05) is 6.26 Å². The molecule has 4 rings (SSSR count). The lowest BCUT2D eigenvalue weighted by molar-refractivity contribution is -0.0523. The normalized spacial score (nSPS) is 42.1. The second kappa shape index (κ2) is 9.69. The molecule has 3 saturated carbocycles. The highest BCUT2D eigenvalue weighted by atomic mass is 32.2. The van der Waals surface area contributed by atoms with E-state index >= 15 is 0 Å². The second-order valence-corrected chi connectivity index (χ2v) is 14.8. The Labute approximate surface area is 210 Å². The van der Waals surface area contributed by atoms with Crippen LogP contribution in [0.2, 0.25) is 0 Å². The molecule has 0 amide bonds. The van der Waals surface area contributed by atoms with E-state index in [1.54, 1.807) is 0 Å². The summed E-state index contributed by atoms with van der Waals surface area (Å²) in [5.41, 5.74) is 2.18. The Bertz CT molecular complexity index is 902. The minimum Gasteiger partial charge on any atom is -0.267 e. The predicted molar refractivity (Wildman–Crippen MR) is 142 cm³/mol. The summed E-state index contributed by atoms with van der Waals surface area (Å²) in [6.07, 6.45) is 19.2. The van der Waals surface area contributed by atoms with Crippen molar-refractivity contribution in [1.82, 2.24) is 0 Å². The molecular formula is C30H50O3S. The number of hydrogen-bond acceptors (Lipinski definition) is 3. The zero-order valence-electron chi connectivity index (χ0n) is 22.8. The van der Waals surface area contributed by atoms with Crippen molar-refractivity contribution in [1.29, 1.82) is 0 Å². The van der Waals surface area contributed by atoms with Crippen molar-refractivity contribution in [3.63, 3.8) is 0 Å². The summed E-state index contributed by atoms with van der Waals surface area (Å²) in [4.78, 5) is 0. The molecular weight excluding hydrogens is 440 g/mol. The van der Waals surface area contributed by atoms with Crippen LogP contribution in [0.3, 0.4) is 0 Å². The van der Waals surface area contributed by atoms with Gasteiger partial charge in [-0.3, -0.25) is 4.18 Å². The zero-order chi connectivity index (χ0) is 24.9. The van der Waals surface area contributed by atoms with Crippen LogP contribution in [0.5, 0.6) is 0 Å². The molecule has 1 unspecified atom stereocenters. The van der Waals surface area contributed by atoms with Crippen LogP contribution >= 0.6 is 0 Å². The van der Waals surface area contributed by atoms with Gasteiger partial charge in [0, 0.05) is 0 Å². The van der Waals surface area contributed by atoms with Crippen LogP contribution in [0, 0.1) is 52.3 Å². The van der Waals surface area contributed by atoms with Gasteiger partial charge in [-0.15, -0.1) is 0 Å². The Balaban J connectivity index is 1.50. The largest absolute Gasteiger partial charge is 0.267 e. The summed E-state index contributed by atoms with van der Waals surface area (Å²) in [7, 11) is -3.39. The van der Waals surface area contributed by atoms with Gasteiger partial charge in [0.1, 0.15) is 0 Å². The third kappa shape index (κ3) is 4.84. The molecule has 4 aliphatic carbocycles. The molecule has 34 heavy (non-hydrogen) atoms. The van der Waals surface area contributed by atoms with E-state index in [1.165, 1.54) is 50.4 Å². The number of hydrogen-bond donors (Lipinski definition) is 0. The van der Waals surface area contributed by atoms with Gasteiger partial charge in [-0.1, -0.05) is 65.3 Å². The maximum atomic E-state index is 11.7. The van der Waals surface area contributed by atoms with Crippen LogP contribution in [0.25, 0.3) is 0 Å². The first-order valence-corrected chi connectivity index (χ1v) is 16.0. The van der Waals surface area contributed by atoms with E-state index in [0.29, 0.717) is 17.3 Å². The molecule has 0 aliphatic heterocycles. The molecule has 4 aliphatic rings. The average molecular weight is 491 g/mol. The quantitative estimate of drug-likeness (QED) is 0.270. The SMILES string of the molecule is CC[C@H](/C=C/[C@@H](C)[C@H]1CCC2[C@@H]3CC=C4C[C@@H](OS(C)(=O)=O)CC[C@]4(C)[C@@H]3CC[C@@]21C)C(C)C. The van der Waals surface area contributed by atoms with Crippen LogP contribution in [0.1, 0.15) is 99.3 Å². The van der Waals surface area contributed by atoms with E-state index in [-0.39, 0.29) is 11.5 Å². The Morgan fingerprint density at radius 3 is 2.44 bits per heavy atom. The lowest BCUT2D eigenvalue weighted by Crippen LogP contribution is -2.51. The molecule has 0 aromatic carbocycles. The first-order valence-electron chi connectivity index (χ1n) is 14.1. The summed E-state index contributed by atoms with van der Waals surface area (Å²) in [5, 5.41) is 0. The monoisotopic (exact) mass is 490 g/mol. The van der Waals surface area contributed by atoms with Crippen molar-refractivity contribution in [2.45, 2.75) is 105 Å². The summed E-state index contributed by atoms with van der Waals surface area (Å²) in [6.45, 7) is 14.6. The fraction of sp³-hybridized carbons (Fsp3) is 0.867. The Morgan fingerprint density at radius 2 is 1.79 bits per heavy atom. The third-order valence-electron chi connectivity index (χ3n) is 11.1. The second-order valence-electron chi connectivity index (χ2n) is 13.2. The molecule has 194 valence electrons. The Morgan fingerprint density at radius 1 is 1.06 bits per heavy atom. The summed E-state index contributed by atoms with van der Waals surface area (Å²) in [5.74, 6) is 5.26. The molecule has 0 spiro atoms. The lowest BCUT2D eigenvalue weighted by atomic mass is 9.47. The number of allylic oxidation sites excluding steroid dienone is 3. The maximum absolute atomic E-state index is 11.7. The molecule has 0 N–H and O–H groups in total. The zero-order valence-corrected chi connectivity index (χ0v) is 23.7. The van der Waals surface area contributed by atoms with Gasteiger partial charge in [-0.05, 0) is 110 Å². The van der Waals surface area contributed by atoms with Crippen LogP contribution in [0.4, 0.5) is 0 Å². The molecule has 0 aromatic rings. The molecule has 0 aromatic heterocycles. The fourth-order valence-corrected chi connectivity index (χ4v) is 9.80. The molecule has 0 radical (unpaired) electrons. The number of fused-ring (bicyclic) bond motifs is 5. The summed E-state index contributed by atoms with van der Waals surface area (Å²) in [6, 6.07) is 0. The summed E-state index contributed by atoms with van der Waals surface area (Å²) >= 11 is 0. The van der Waals surface area contributed by atoms with E-state index < -0.39 is 10.1 Å². The van der Waals surface area contributed by atoms with Crippen molar-refractivity contribution in [3.05, 3.63) is 23.8 Å². The van der Waals surface area contributed by atoms with Crippen LogP contribution in [-0.4, -0.2) is 20.8 Å². The van der Waals surface area contributed by atoms with E-state index in [2.05, 4.69) is 59.8 Å². The van der Waals surface area contributed by atoms with Crippen LogP contribution in [-0.2, 0) is 14.3 Å². The molecule has 9 atom stereocenters. The highest BCUT2D eigenvalue weighted by Crippen LogP contribution is 2.67. The average Bonchev–Trinajstić information content (AvgIpc) is 3.10. The van der Waals surface area contributed by atoms with Gasteiger partial charge in [0.15, 0.2) is 0 Å². The Hall–Kier alpha value is -0.610. The topological polar surface area (TPSA) is 43.4 Å². The first-order chi connectivity index (χ1) is 15.9. The lowest BCUT2D eigenvalue weighted by Gasteiger charge is -2.58. The maximum Gasteiger partial charge on any atom is 0.264 e. The minimum absolute atomic E-state index is 0.166. The Kier molecular flexibility index (Phi) is 7.54. The van der Waals surface area contributed by atoms with Gasteiger partial charge >= 0.3 is 0 Å². The fourth-order valence-electron chi connectivity index (χ4n) is 9.14. The van der Waals surface area contributed by atoms with E-state index in [1.807, 2.05) is 0 Å². The summed E-state index contributed by atoms with van der Waals surface area (Å²) < 4.78 is 28.8. The van der Waals surface area contributed by atoms with E-state index in [0.717, 1.165) is 48.9 Å². The van der Waals surface area contributed by atoms with Crippen molar-refractivity contribution < 1.29 is 12.6 Å². The van der Waals surface area contributed by atoms with Gasteiger partial charge in [-0.25, -0.2) is 0 Å². The van der Waals surface area contributed by atoms with E-state index in [4.69, 9.17) is 4.18 Å². The van der Waals surface area contributed by atoms with Crippen molar-refractivity contribution in [2.24, 2.45) is 52.3 Å². The standard InChI is InChI=1S/C30H50O3S/c1-8-22(20(2)3)10-9-21(4)26-13-14-27-25-12-11-23-19-24(33-34(7,31)32)15-17-29(23,5)28(25)16-18-30(26,27)6/h9-11,20-22,24-28H,8,12-19H2,1-7H3/b10-9+/t21-,22-,24+,25+,26-,27?,28-,29+,30-/m1/s1. The van der Waals surface area contributed by atoms with Gasteiger partial charge in [0.05, 0.1) is 12.4 Å².